The second-order valence-corrected chi connectivity index (χ2v) is 16.4. The summed E-state index contributed by atoms with van der Waals surface area (Å²) in [6.45, 7) is 6.34. The van der Waals surface area contributed by atoms with Crippen molar-refractivity contribution >= 4 is 58.0 Å². The molecule has 4 aromatic rings. The molecule has 2 N–H and O–H groups in total. The number of fused-ring (bicyclic) bond motifs is 2. The monoisotopic (exact) mass is 787 g/mol. The topological polar surface area (TPSA) is 169 Å². The summed E-state index contributed by atoms with van der Waals surface area (Å²) in [7, 11) is 3.55. The normalized spacial score (nSPS) is 21.2. The van der Waals surface area contributed by atoms with Crippen molar-refractivity contribution in [3.05, 3.63) is 71.2 Å². The van der Waals surface area contributed by atoms with Gasteiger partial charge in [-0.3, -0.25) is 44.0 Å². The summed E-state index contributed by atoms with van der Waals surface area (Å²) in [5.74, 6) is -0.861. The average molecular weight is 788 g/mol. The van der Waals surface area contributed by atoms with Gasteiger partial charge in [-0.25, -0.2) is 9.97 Å². The van der Waals surface area contributed by atoms with E-state index in [-0.39, 0.29) is 30.7 Å². The highest BCUT2D eigenvalue weighted by molar-refractivity contribution is 6.23. The number of nitrogens with zero attached hydrogens (tertiary/aromatic N) is 9. The number of piperidine rings is 2. The van der Waals surface area contributed by atoms with Crippen molar-refractivity contribution in [2.24, 2.45) is 0 Å². The standard InChI is InChI=1S/C42H49N11O5/c1-48(2)41(58)34-22-27-23-44-42(47-37(27)52(34)29-5-3-4-6-29)45-35-11-8-30(24-43-35)51-19-17-50(18-20-51)28-13-15-49(16-14-28)25-26-7-9-31-32(21-26)40(57)53(39(31)56)33-10-12-36(54)46-38(33)55/h7-9,11,21-24,28-29,33H,3-6,10,12-20,25H2,1-2H3,(H,46,54,55)(H,43,44,45,47). The zero-order chi connectivity index (χ0) is 40.1. The van der Waals surface area contributed by atoms with Crippen molar-refractivity contribution in [1.29, 1.82) is 0 Å². The van der Waals surface area contributed by atoms with E-state index < -0.39 is 23.8 Å². The van der Waals surface area contributed by atoms with Gasteiger partial charge in [-0.05, 0) is 81.1 Å². The maximum absolute atomic E-state index is 13.3. The van der Waals surface area contributed by atoms with Crippen LogP contribution in [0.4, 0.5) is 17.5 Å². The second-order valence-electron chi connectivity index (χ2n) is 16.4. The number of likely N-dealkylation sites (tertiary alicyclic amines) is 1. The van der Waals surface area contributed by atoms with Crippen LogP contribution in [0.15, 0.2) is 48.8 Å². The maximum atomic E-state index is 13.3. The highest BCUT2D eigenvalue weighted by Gasteiger charge is 2.44. The van der Waals surface area contributed by atoms with Gasteiger partial charge in [0.25, 0.3) is 17.7 Å². The van der Waals surface area contributed by atoms with Crippen LogP contribution in [0.1, 0.15) is 94.2 Å². The molecule has 16 nitrogen and oxygen atoms in total. The number of hydrogen-bond donors (Lipinski definition) is 2. The van der Waals surface area contributed by atoms with Crippen LogP contribution < -0.4 is 15.5 Å². The van der Waals surface area contributed by atoms with E-state index >= 15 is 0 Å². The summed E-state index contributed by atoms with van der Waals surface area (Å²) in [6.07, 6.45) is 10.4. The predicted octanol–water partition coefficient (Wildman–Crippen LogP) is 3.57. The molecular weight excluding hydrogens is 739 g/mol. The van der Waals surface area contributed by atoms with Gasteiger partial charge in [-0.1, -0.05) is 18.9 Å². The third-order valence-corrected chi connectivity index (χ3v) is 12.5. The number of rotatable bonds is 9. The molecule has 16 heteroatoms. The number of nitrogens with one attached hydrogen (secondary N) is 2. The number of anilines is 3. The molecule has 1 atom stereocenters. The Kier molecular flexibility index (Phi) is 10.1. The minimum atomic E-state index is -0.963. The van der Waals surface area contributed by atoms with Crippen molar-refractivity contribution in [2.45, 2.75) is 76.0 Å². The molecule has 58 heavy (non-hydrogen) atoms. The SMILES string of the molecule is CN(C)C(=O)c1cc2cnc(Nc3ccc(N4CCN(C5CCN(Cc6ccc7c(c6)C(=O)N(C6CCC(=O)NC6=O)C7=O)CC5)CC4)cn3)nc2n1C1CCCC1. The van der Waals surface area contributed by atoms with Gasteiger partial charge in [0.2, 0.25) is 17.8 Å². The molecule has 302 valence electrons. The number of amides is 5. The van der Waals surface area contributed by atoms with E-state index in [1.165, 1.54) is 0 Å². The van der Waals surface area contributed by atoms with Crippen molar-refractivity contribution < 1.29 is 24.0 Å². The summed E-state index contributed by atoms with van der Waals surface area (Å²) in [5.41, 5.74) is 4.09. The molecule has 1 aliphatic carbocycles. The maximum Gasteiger partial charge on any atom is 0.270 e. The molecule has 3 aromatic heterocycles. The zero-order valence-corrected chi connectivity index (χ0v) is 33.0. The summed E-state index contributed by atoms with van der Waals surface area (Å²) in [6, 6.07) is 11.1. The molecule has 4 fully saturated rings. The largest absolute Gasteiger partial charge is 0.368 e. The summed E-state index contributed by atoms with van der Waals surface area (Å²) in [5, 5.41) is 6.38. The minimum Gasteiger partial charge on any atom is -0.368 e. The molecule has 1 unspecified atom stereocenters. The number of aromatic nitrogens is 4. The van der Waals surface area contributed by atoms with E-state index in [9.17, 15) is 24.0 Å². The lowest BCUT2D eigenvalue weighted by molar-refractivity contribution is -0.136. The third kappa shape index (κ3) is 7.19. The number of piperazine rings is 1. The Hall–Kier alpha value is -5.74. The lowest BCUT2D eigenvalue weighted by atomic mass is 10.0. The lowest BCUT2D eigenvalue weighted by Crippen LogP contribution is -2.54. The third-order valence-electron chi connectivity index (χ3n) is 12.5. The van der Waals surface area contributed by atoms with Crippen molar-refractivity contribution in [3.8, 4) is 0 Å². The van der Waals surface area contributed by atoms with Gasteiger partial charge >= 0.3 is 0 Å². The Balaban J connectivity index is 0.764. The highest BCUT2D eigenvalue weighted by atomic mass is 16.2. The number of hydrogen-bond acceptors (Lipinski definition) is 12. The highest BCUT2D eigenvalue weighted by Crippen LogP contribution is 2.35. The molecular formula is C42H49N11O5. The molecule has 9 rings (SSSR count). The van der Waals surface area contributed by atoms with Crippen LogP contribution in [0.5, 0.6) is 0 Å². The Labute approximate surface area is 336 Å². The van der Waals surface area contributed by atoms with Crippen LogP contribution in [0.3, 0.4) is 0 Å². The smallest absolute Gasteiger partial charge is 0.270 e. The second kappa shape index (κ2) is 15.5. The van der Waals surface area contributed by atoms with E-state index in [0.29, 0.717) is 41.2 Å². The Morgan fingerprint density at radius 3 is 2.29 bits per heavy atom. The van der Waals surface area contributed by atoms with Crippen LogP contribution in [0, 0.1) is 0 Å². The number of carbonyl (C=O) groups excluding carboxylic acids is 5. The van der Waals surface area contributed by atoms with Gasteiger partial charge in [0, 0.05) is 76.9 Å². The first-order valence-corrected chi connectivity index (χ1v) is 20.5. The number of pyridine rings is 1. The van der Waals surface area contributed by atoms with E-state index in [0.717, 1.165) is 105 Å². The van der Waals surface area contributed by atoms with Gasteiger partial charge in [-0.2, -0.15) is 4.98 Å². The van der Waals surface area contributed by atoms with Crippen molar-refractivity contribution in [1.82, 2.24) is 44.4 Å². The molecule has 0 bridgehead atoms. The summed E-state index contributed by atoms with van der Waals surface area (Å²) < 4.78 is 2.11. The van der Waals surface area contributed by atoms with Gasteiger partial charge < -0.3 is 19.7 Å². The predicted molar refractivity (Wildman–Crippen MR) is 216 cm³/mol. The van der Waals surface area contributed by atoms with Crippen LogP contribution in [-0.2, 0) is 16.1 Å². The zero-order valence-electron chi connectivity index (χ0n) is 33.0. The first kappa shape index (κ1) is 37.8. The molecule has 1 saturated carbocycles. The Bertz CT molecular complexity index is 2270. The fourth-order valence-corrected chi connectivity index (χ4v) is 9.42. The van der Waals surface area contributed by atoms with Gasteiger partial charge in [0.15, 0.2) is 0 Å². The minimum absolute atomic E-state index is 0.0316. The van der Waals surface area contributed by atoms with Crippen LogP contribution in [-0.4, -0.2) is 134 Å². The molecule has 3 saturated heterocycles. The molecule has 0 radical (unpaired) electrons. The van der Waals surface area contributed by atoms with E-state index in [1.54, 1.807) is 37.3 Å². The first-order valence-electron chi connectivity index (χ1n) is 20.5. The fraction of sp³-hybridized carbons (Fsp3) is 0.476. The number of carbonyl (C=O) groups is 5. The fourth-order valence-electron chi connectivity index (χ4n) is 9.42. The van der Waals surface area contributed by atoms with Gasteiger partial charge in [0.1, 0.15) is 23.2 Å². The van der Waals surface area contributed by atoms with Crippen LogP contribution in [0.2, 0.25) is 0 Å². The molecule has 5 amide bonds. The summed E-state index contributed by atoms with van der Waals surface area (Å²) >= 11 is 0. The molecule has 1 aromatic carbocycles. The summed E-state index contributed by atoms with van der Waals surface area (Å²) in [4.78, 5) is 87.7. The van der Waals surface area contributed by atoms with Crippen molar-refractivity contribution in [3.63, 3.8) is 0 Å². The van der Waals surface area contributed by atoms with Crippen LogP contribution in [0.25, 0.3) is 11.0 Å². The van der Waals surface area contributed by atoms with E-state index in [1.807, 2.05) is 24.4 Å². The molecule has 7 heterocycles. The van der Waals surface area contributed by atoms with E-state index in [4.69, 9.17) is 9.97 Å². The number of benzene rings is 1. The van der Waals surface area contributed by atoms with E-state index in [2.05, 4.69) is 41.0 Å². The molecule has 5 aliphatic rings. The average Bonchev–Trinajstić information content (AvgIpc) is 3.95. The van der Waals surface area contributed by atoms with Gasteiger partial charge in [-0.15, -0.1) is 0 Å². The molecule has 4 aliphatic heterocycles. The Morgan fingerprint density at radius 1 is 0.828 bits per heavy atom. The first-order chi connectivity index (χ1) is 28.1. The number of imide groups is 2. The quantitative estimate of drug-likeness (QED) is 0.237. The van der Waals surface area contributed by atoms with Crippen molar-refractivity contribution in [2.75, 3.05) is 63.6 Å². The Morgan fingerprint density at radius 2 is 1.59 bits per heavy atom. The van der Waals surface area contributed by atoms with Crippen LogP contribution >= 0.6 is 0 Å². The molecule has 0 spiro atoms. The van der Waals surface area contributed by atoms with Gasteiger partial charge in [0.05, 0.1) is 23.0 Å². The lowest BCUT2D eigenvalue weighted by Gasteiger charge is -2.43.